The Hall–Kier alpha value is -3.61. The monoisotopic (exact) mass is 419 g/mol. The number of cyclic esters (lactones) is 1. The van der Waals surface area contributed by atoms with Crippen molar-refractivity contribution in [2.24, 2.45) is 0 Å². The summed E-state index contributed by atoms with van der Waals surface area (Å²) >= 11 is 0. The first-order chi connectivity index (χ1) is 14.9. The van der Waals surface area contributed by atoms with Gasteiger partial charge in [0.25, 0.3) is 5.91 Å². The number of amides is 2. The van der Waals surface area contributed by atoms with Crippen LogP contribution in [0.3, 0.4) is 0 Å². The summed E-state index contributed by atoms with van der Waals surface area (Å²) < 4.78 is 12.6. The first kappa shape index (κ1) is 20.7. The number of rotatable bonds is 5. The van der Waals surface area contributed by atoms with Crippen LogP contribution in [0.15, 0.2) is 67.1 Å². The number of hydrogen-bond acceptors (Lipinski definition) is 5. The topological polar surface area (TPSA) is 73.7 Å². The molecule has 2 aromatic carbocycles. The number of carbonyl (C=O) groups is 2. The van der Waals surface area contributed by atoms with Gasteiger partial charge in [-0.25, -0.2) is 14.7 Å². The molecule has 4 rings (SSSR count). The summed E-state index contributed by atoms with van der Waals surface area (Å²) in [4.78, 5) is 32.4. The molecule has 1 saturated heterocycles. The van der Waals surface area contributed by atoms with Crippen molar-refractivity contribution in [3.8, 4) is 5.75 Å². The lowest BCUT2D eigenvalue weighted by molar-refractivity contribution is -0.135. The third-order valence-corrected chi connectivity index (χ3v) is 5.91. The van der Waals surface area contributed by atoms with Crippen LogP contribution in [-0.4, -0.2) is 39.6 Å². The molecule has 3 aromatic rings. The Morgan fingerprint density at radius 1 is 1.13 bits per heavy atom. The van der Waals surface area contributed by atoms with E-state index in [4.69, 9.17) is 9.47 Å². The smallest absolute Gasteiger partial charge is 0.417 e. The molecular formula is C24H25N3O4. The van der Waals surface area contributed by atoms with E-state index in [1.807, 2.05) is 56.3 Å². The van der Waals surface area contributed by atoms with Crippen molar-refractivity contribution in [1.29, 1.82) is 0 Å². The summed E-state index contributed by atoms with van der Waals surface area (Å²) in [7, 11) is 1.59. The molecule has 0 bridgehead atoms. The number of benzene rings is 2. The molecule has 0 aliphatic carbocycles. The molecule has 0 spiro atoms. The maximum Gasteiger partial charge on any atom is 0.417 e. The van der Waals surface area contributed by atoms with Crippen LogP contribution < -0.4 is 4.74 Å². The number of imide groups is 1. The molecule has 0 saturated carbocycles. The average Bonchev–Trinajstić information content (AvgIpc) is 3.36. The Kier molecular flexibility index (Phi) is 5.27. The summed E-state index contributed by atoms with van der Waals surface area (Å²) in [5.74, 6) is 0.296. The van der Waals surface area contributed by atoms with Crippen LogP contribution in [0.25, 0.3) is 0 Å². The molecule has 31 heavy (non-hydrogen) atoms. The summed E-state index contributed by atoms with van der Waals surface area (Å²) in [5, 5.41) is 0. The number of nitrogens with zero attached hydrogens (tertiary/aromatic N) is 3. The Labute approximate surface area is 181 Å². The number of hydrogen-bond donors (Lipinski definition) is 0. The van der Waals surface area contributed by atoms with Gasteiger partial charge in [0.1, 0.15) is 17.4 Å². The van der Waals surface area contributed by atoms with Gasteiger partial charge < -0.3 is 14.0 Å². The number of aryl methyl sites for hydroxylation is 1. The number of ether oxygens (including phenoxy) is 2. The molecule has 1 aliphatic rings. The fourth-order valence-corrected chi connectivity index (χ4v) is 4.02. The van der Waals surface area contributed by atoms with E-state index in [9.17, 15) is 9.59 Å². The van der Waals surface area contributed by atoms with Crippen LogP contribution >= 0.6 is 0 Å². The van der Waals surface area contributed by atoms with Crippen molar-refractivity contribution in [3.05, 3.63) is 83.9 Å². The zero-order chi connectivity index (χ0) is 22.2. The molecule has 7 nitrogen and oxygen atoms in total. The maximum atomic E-state index is 14.0. The van der Waals surface area contributed by atoms with Crippen molar-refractivity contribution in [1.82, 2.24) is 14.5 Å². The highest BCUT2D eigenvalue weighted by Crippen LogP contribution is 2.37. The average molecular weight is 419 g/mol. The third kappa shape index (κ3) is 3.46. The van der Waals surface area contributed by atoms with Crippen molar-refractivity contribution in [2.45, 2.75) is 38.5 Å². The molecule has 1 aliphatic heterocycles. The van der Waals surface area contributed by atoms with Crippen molar-refractivity contribution < 1.29 is 19.1 Å². The normalized spacial score (nSPS) is 20.3. The van der Waals surface area contributed by atoms with E-state index >= 15 is 0 Å². The van der Waals surface area contributed by atoms with E-state index in [0.29, 0.717) is 11.3 Å². The molecule has 1 unspecified atom stereocenters. The highest BCUT2D eigenvalue weighted by Gasteiger charge is 2.50. The fraction of sp³-hybridized carbons (Fsp3) is 0.292. The van der Waals surface area contributed by atoms with E-state index in [0.717, 1.165) is 11.3 Å². The predicted molar refractivity (Wildman–Crippen MR) is 115 cm³/mol. The molecule has 2 amide bonds. The van der Waals surface area contributed by atoms with Crippen LogP contribution in [0, 0.1) is 6.92 Å². The zero-order valence-electron chi connectivity index (χ0n) is 18.0. The van der Waals surface area contributed by atoms with Crippen molar-refractivity contribution in [3.63, 3.8) is 0 Å². The Morgan fingerprint density at radius 3 is 2.39 bits per heavy atom. The first-order valence-corrected chi connectivity index (χ1v) is 10.1. The van der Waals surface area contributed by atoms with E-state index in [2.05, 4.69) is 4.98 Å². The van der Waals surface area contributed by atoms with E-state index in [1.165, 1.54) is 4.90 Å². The molecule has 0 radical (unpaired) electrons. The van der Waals surface area contributed by atoms with Gasteiger partial charge in [-0.2, -0.15) is 0 Å². The summed E-state index contributed by atoms with van der Waals surface area (Å²) in [6.45, 7) is 5.47. The van der Waals surface area contributed by atoms with Gasteiger partial charge in [0.05, 0.1) is 25.2 Å². The third-order valence-electron chi connectivity index (χ3n) is 5.91. The van der Waals surface area contributed by atoms with Gasteiger partial charge in [-0.1, -0.05) is 42.5 Å². The largest absolute Gasteiger partial charge is 0.497 e. The molecule has 1 fully saturated rings. The lowest BCUT2D eigenvalue weighted by Crippen LogP contribution is -2.52. The highest BCUT2D eigenvalue weighted by molar-refractivity contribution is 5.99. The van der Waals surface area contributed by atoms with Gasteiger partial charge in [0, 0.05) is 6.20 Å². The molecule has 160 valence electrons. The number of carbonyl (C=O) groups excluding carboxylic acids is 2. The Balaban J connectivity index is 1.76. The van der Waals surface area contributed by atoms with Crippen LogP contribution in [0.5, 0.6) is 5.75 Å². The first-order valence-electron chi connectivity index (χ1n) is 10.1. The molecular weight excluding hydrogens is 394 g/mol. The molecule has 3 atom stereocenters. The second-order valence-corrected chi connectivity index (χ2v) is 7.85. The summed E-state index contributed by atoms with van der Waals surface area (Å²) in [5.41, 5.74) is 1.13. The summed E-state index contributed by atoms with van der Waals surface area (Å²) in [6.07, 6.45) is 2.23. The maximum absolute atomic E-state index is 14.0. The van der Waals surface area contributed by atoms with Crippen molar-refractivity contribution in [2.75, 3.05) is 7.11 Å². The molecule has 2 heterocycles. The van der Waals surface area contributed by atoms with Gasteiger partial charge in [0.2, 0.25) is 0 Å². The van der Waals surface area contributed by atoms with Gasteiger partial charge >= 0.3 is 6.09 Å². The van der Waals surface area contributed by atoms with Crippen LogP contribution in [0.2, 0.25) is 0 Å². The molecule has 0 N–H and O–H groups in total. The Bertz CT molecular complexity index is 1090. The van der Waals surface area contributed by atoms with Crippen molar-refractivity contribution >= 4 is 12.0 Å². The lowest BCUT2D eigenvalue weighted by atomic mass is 9.89. The minimum atomic E-state index is -1.20. The minimum Gasteiger partial charge on any atom is -0.497 e. The lowest BCUT2D eigenvalue weighted by Gasteiger charge is -2.34. The minimum absolute atomic E-state index is 0.383. The predicted octanol–water partition coefficient (Wildman–Crippen LogP) is 4.07. The van der Waals surface area contributed by atoms with E-state index < -0.39 is 23.8 Å². The van der Waals surface area contributed by atoms with Gasteiger partial charge in [-0.3, -0.25) is 4.79 Å². The highest BCUT2D eigenvalue weighted by atomic mass is 16.6. The van der Waals surface area contributed by atoms with Crippen LogP contribution in [0.4, 0.5) is 4.79 Å². The molecule has 1 aromatic heterocycles. The van der Waals surface area contributed by atoms with E-state index in [-0.39, 0.29) is 5.91 Å². The summed E-state index contributed by atoms with van der Waals surface area (Å²) in [6, 6.07) is 16.2. The fourth-order valence-electron chi connectivity index (χ4n) is 4.02. The second-order valence-electron chi connectivity index (χ2n) is 7.85. The number of aromatic nitrogens is 2. The van der Waals surface area contributed by atoms with E-state index in [1.54, 1.807) is 43.3 Å². The second kappa shape index (κ2) is 7.91. The zero-order valence-corrected chi connectivity index (χ0v) is 18.0. The standard InChI is InChI=1S/C24H25N3O4/c1-16-14-26(15-25-16)24(3,19-10-12-20(30-4)13-11-19)22(28)27-17(2)21(31-23(27)29)18-8-6-5-7-9-18/h5-15,17,21H,1-4H3/t17-,21-,24?/m1/s1. The Morgan fingerprint density at radius 2 is 1.81 bits per heavy atom. The van der Waals surface area contributed by atoms with Gasteiger partial charge in [-0.15, -0.1) is 0 Å². The number of methoxy groups -OCH3 is 1. The van der Waals surface area contributed by atoms with Gasteiger partial charge in [-0.05, 0) is 44.0 Å². The number of imidazole rings is 1. The van der Waals surface area contributed by atoms with Gasteiger partial charge in [0.15, 0.2) is 0 Å². The SMILES string of the molecule is COc1ccc(C(C)(C(=O)N2C(=O)O[C@@H](c3ccccc3)[C@H]2C)n2cnc(C)c2)cc1. The molecule has 7 heteroatoms. The quantitative estimate of drug-likeness (QED) is 0.623. The van der Waals surface area contributed by atoms with Crippen LogP contribution in [0.1, 0.15) is 36.8 Å². The van der Waals surface area contributed by atoms with Crippen LogP contribution in [-0.2, 0) is 15.1 Å².